The molecule has 2 nitrogen and oxygen atoms in total. The number of nitrogens with zero attached hydrogens (tertiary/aromatic N) is 2. The predicted octanol–water partition coefficient (Wildman–Crippen LogP) is 3.01. The fourth-order valence-corrected chi connectivity index (χ4v) is 1.70. The number of aryl methyl sites for hydroxylation is 2. The average molecular weight is 213 g/mol. The van der Waals surface area contributed by atoms with Crippen molar-refractivity contribution in [1.29, 1.82) is 0 Å². The highest BCUT2D eigenvalue weighted by Gasteiger charge is 2.05. The van der Waals surface area contributed by atoms with E-state index in [9.17, 15) is 0 Å². The molecule has 14 heavy (non-hydrogen) atoms. The molecule has 1 heterocycles. The molecule has 0 saturated heterocycles. The molecule has 0 fully saturated rings. The summed E-state index contributed by atoms with van der Waals surface area (Å²) in [6.45, 7) is 6.32. The van der Waals surface area contributed by atoms with E-state index in [1.165, 1.54) is 5.57 Å². The van der Waals surface area contributed by atoms with Crippen LogP contribution in [-0.2, 0) is 7.05 Å². The molecule has 0 aliphatic carbocycles. The van der Waals surface area contributed by atoms with E-state index in [1.54, 1.807) is 0 Å². The van der Waals surface area contributed by atoms with Crippen LogP contribution in [-0.4, -0.2) is 15.7 Å². The van der Waals surface area contributed by atoms with Gasteiger partial charge in [0, 0.05) is 24.7 Å². The SMILES string of the molecule is Cc1nn(C)cc1C=C(CCl)C(C)C. The molecule has 0 bridgehead atoms. The number of hydrogen-bond acceptors (Lipinski definition) is 1. The van der Waals surface area contributed by atoms with E-state index in [0.29, 0.717) is 11.8 Å². The van der Waals surface area contributed by atoms with Crippen LogP contribution in [0.15, 0.2) is 11.8 Å². The van der Waals surface area contributed by atoms with Gasteiger partial charge in [-0.15, -0.1) is 11.6 Å². The van der Waals surface area contributed by atoms with E-state index in [2.05, 4.69) is 25.0 Å². The Hall–Kier alpha value is -0.760. The predicted molar refractivity (Wildman–Crippen MR) is 61.5 cm³/mol. The number of allylic oxidation sites excluding steroid dienone is 1. The van der Waals surface area contributed by atoms with Crippen LogP contribution >= 0.6 is 11.6 Å². The first kappa shape index (κ1) is 11.3. The molecule has 0 radical (unpaired) electrons. The molecule has 78 valence electrons. The first-order chi connectivity index (χ1) is 6.54. The summed E-state index contributed by atoms with van der Waals surface area (Å²) in [5, 5.41) is 4.29. The Morgan fingerprint density at radius 2 is 2.29 bits per heavy atom. The van der Waals surface area contributed by atoms with Gasteiger partial charge in [-0.25, -0.2) is 0 Å². The third-order valence-corrected chi connectivity index (χ3v) is 2.60. The van der Waals surface area contributed by atoms with E-state index >= 15 is 0 Å². The molecule has 0 atom stereocenters. The normalized spacial score (nSPS) is 12.6. The third kappa shape index (κ3) is 2.61. The minimum absolute atomic E-state index is 0.493. The highest BCUT2D eigenvalue weighted by Crippen LogP contribution is 2.17. The molecule has 1 aromatic rings. The molecule has 0 aliphatic heterocycles. The maximum Gasteiger partial charge on any atom is 0.0665 e. The van der Waals surface area contributed by atoms with Crippen molar-refractivity contribution in [1.82, 2.24) is 9.78 Å². The summed E-state index contributed by atoms with van der Waals surface area (Å²) in [6, 6.07) is 0. The van der Waals surface area contributed by atoms with Gasteiger partial charge in [0.05, 0.1) is 5.69 Å². The van der Waals surface area contributed by atoms with Crippen molar-refractivity contribution in [3.8, 4) is 0 Å². The molecular weight excluding hydrogens is 196 g/mol. The number of halogens is 1. The van der Waals surface area contributed by atoms with Gasteiger partial charge in [0.25, 0.3) is 0 Å². The molecule has 0 aliphatic rings. The molecule has 0 N–H and O–H groups in total. The summed E-state index contributed by atoms with van der Waals surface area (Å²) >= 11 is 5.88. The maximum atomic E-state index is 5.88. The Morgan fingerprint density at radius 1 is 1.64 bits per heavy atom. The number of aromatic nitrogens is 2. The van der Waals surface area contributed by atoms with Gasteiger partial charge in [0.15, 0.2) is 0 Å². The second-order valence-electron chi connectivity index (χ2n) is 3.85. The Morgan fingerprint density at radius 3 is 2.64 bits per heavy atom. The first-order valence-corrected chi connectivity index (χ1v) is 5.34. The number of rotatable bonds is 3. The van der Waals surface area contributed by atoms with Gasteiger partial charge in [-0.1, -0.05) is 25.5 Å². The van der Waals surface area contributed by atoms with Crippen LogP contribution in [0.5, 0.6) is 0 Å². The lowest BCUT2D eigenvalue weighted by Crippen LogP contribution is -1.95. The van der Waals surface area contributed by atoms with Gasteiger partial charge >= 0.3 is 0 Å². The van der Waals surface area contributed by atoms with Crippen LogP contribution in [0.3, 0.4) is 0 Å². The largest absolute Gasteiger partial charge is 0.275 e. The van der Waals surface area contributed by atoms with E-state index < -0.39 is 0 Å². The van der Waals surface area contributed by atoms with Crippen molar-refractivity contribution in [3.63, 3.8) is 0 Å². The van der Waals surface area contributed by atoms with Crippen LogP contribution in [0.1, 0.15) is 25.1 Å². The fourth-order valence-electron chi connectivity index (χ4n) is 1.32. The second-order valence-corrected chi connectivity index (χ2v) is 4.12. The molecule has 0 aromatic carbocycles. The lowest BCUT2D eigenvalue weighted by Gasteiger charge is -2.06. The quantitative estimate of drug-likeness (QED) is 0.705. The fraction of sp³-hybridized carbons (Fsp3) is 0.545. The maximum absolute atomic E-state index is 5.88. The average Bonchev–Trinajstić information content (AvgIpc) is 2.40. The molecule has 0 amide bonds. The lowest BCUT2D eigenvalue weighted by molar-refractivity contribution is 0.756. The van der Waals surface area contributed by atoms with Crippen molar-refractivity contribution in [2.24, 2.45) is 13.0 Å². The van der Waals surface area contributed by atoms with E-state index in [1.807, 2.05) is 24.9 Å². The molecular formula is C11H17ClN2. The summed E-state index contributed by atoms with van der Waals surface area (Å²) in [6.07, 6.45) is 4.16. The number of hydrogen-bond donors (Lipinski definition) is 0. The zero-order chi connectivity index (χ0) is 10.7. The number of alkyl halides is 1. The van der Waals surface area contributed by atoms with Gasteiger partial charge in [-0.3, -0.25) is 4.68 Å². The summed E-state index contributed by atoms with van der Waals surface area (Å²) in [5.74, 6) is 1.08. The molecule has 1 aromatic heterocycles. The smallest absolute Gasteiger partial charge is 0.0665 e. The van der Waals surface area contributed by atoms with Crippen molar-refractivity contribution in [2.75, 3.05) is 5.88 Å². The molecule has 0 saturated carbocycles. The molecule has 0 unspecified atom stereocenters. The Bertz CT molecular complexity index is 337. The summed E-state index contributed by atoms with van der Waals surface area (Å²) in [4.78, 5) is 0. The minimum atomic E-state index is 0.493. The van der Waals surface area contributed by atoms with Gasteiger partial charge < -0.3 is 0 Å². The van der Waals surface area contributed by atoms with Gasteiger partial charge in [-0.05, 0) is 12.8 Å². The van der Waals surface area contributed by atoms with Crippen LogP contribution in [0.4, 0.5) is 0 Å². The highest BCUT2D eigenvalue weighted by atomic mass is 35.5. The van der Waals surface area contributed by atoms with Crippen molar-refractivity contribution < 1.29 is 0 Å². The topological polar surface area (TPSA) is 17.8 Å². The van der Waals surface area contributed by atoms with Crippen LogP contribution in [0.25, 0.3) is 6.08 Å². The second kappa shape index (κ2) is 4.65. The van der Waals surface area contributed by atoms with E-state index in [4.69, 9.17) is 11.6 Å². The van der Waals surface area contributed by atoms with Gasteiger partial charge in [0.2, 0.25) is 0 Å². The molecule has 1 rings (SSSR count). The Labute approximate surface area is 90.6 Å². The summed E-state index contributed by atoms with van der Waals surface area (Å²) in [5.41, 5.74) is 3.47. The van der Waals surface area contributed by atoms with Crippen molar-refractivity contribution in [3.05, 3.63) is 23.0 Å². The Balaban J connectivity index is 3.00. The minimum Gasteiger partial charge on any atom is -0.275 e. The van der Waals surface area contributed by atoms with E-state index in [0.717, 1.165) is 11.3 Å². The lowest BCUT2D eigenvalue weighted by atomic mass is 10.0. The molecule has 0 spiro atoms. The standard InChI is InChI=1S/C11H17ClN2/c1-8(2)10(6-12)5-11-7-14(4)13-9(11)3/h5,7-8H,6H2,1-4H3. The molecule has 3 heteroatoms. The summed E-state index contributed by atoms with van der Waals surface area (Å²) in [7, 11) is 1.93. The third-order valence-electron chi connectivity index (χ3n) is 2.29. The van der Waals surface area contributed by atoms with Crippen LogP contribution in [0.2, 0.25) is 0 Å². The zero-order valence-corrected chi connectivity index (χ0v) is 9.97. The monoisotopic (exact) mass is 212 g/mol. The zero-order valence-electron chi connectivity index (χ0n) is 9.21. The van der Waals surface area contributed by atoms with Crippen molar-refractivity contribution >= 4 is 17.7 Å². The van der Waals surface area contributed by atoms with Gasteiger partial charge in [0.1, 0.15) is 0 Å². The highest BCUT2D eigenvalue weighted by molar-refractivity contribution is 6.19. The van der Waals surface area contributed by atoms with E-state index in [-0.39, 0.29) is 0 Å². The first-order valence-electron chi connectivity index (χ1n) is 4.81. The van der Waals surface area contributed by atoms with Crippen LogP contribution in [0, 0.1) is 12.8 Å². The van der Waals surface area contributed by atoms with Gasteiger partial charge in [-0.2, -0.15) is 5.10 Å². The summed E-state index contributed by atoms with van der Waals surface area (Å²) < 4.78 is 1.83. The van der Waals surface area contributed by atoms with Crippen molar-refractivity contribution in [2.45, 2.75) is 20.8 Å². The van der Waals surface area contributed by atoms with Crippen LogP contribution < -0.4 is 0 Å². The Kier molecular flexibility index (Phi) is 3.76.